The normalized spacial score (nSPS) is 18.9. The van der Waals surface area contributed by atoms with E-state index in [4.69, 9.17) is 0 Å². The second-order valence-electron chi connectivity index (χ2n) is 6.08. The number of carbonyl (C=O) groups is 2. The monoisotopic (exact) mass is 343 g/mol. The number of aromatic nitrogens is 1. The summed E-state index contributed by atoms with van der Waals surface area (Å²) in [6, 6.07) is 7.96. The van der Waals surface area contributed by atoms with E-state index < -0.39 is 0 Å². The predicted molar refractivity (Wildman–Crippen MR) is 93.6 cm³/mol. The molecule has 0 saturated heterocycles. The summed E-state index contributed by atoms with van der Waals surface area (Å²) in [6.45, 7) is 2.92. The van der Waals surface area contributed by atoms with Gasteiger partial charge >= 0.3 is 0 Å². The summed E-state index contributed by atoms with van der Waals surface area (Å²) in [5.74, 6) is 0.427. The van der Waals surface area contributed by atoms with Crippen molar-refractivity contribution in [2.75, 3.05) is 6.54 Å². The van der Waals surface area contributed by atoms with E-state index in [0.29, 0.717) is 25.4 Å². The molecule has 3 rings (SSSR count). The van der Waals surface area contributed by atoms with E-state index in [1.165, 1.54) is 9.75 Å². The maximum atomic E-state index is 12.1. The highest BCUT2D eigenvalue weighted by molar-refractivity contribution is 7.12. The first-order valence-corrected chi connectivity index (χ1v) is 8.95. The second kappa shape index (κ2) is 7.57. The highest BCUT2D eigenvalue weighted by Gasteiger charge is 2.44. The molecule has 2 N–H and O–H groups in total. The molecule has 126 valence electrons. The van der Waals surface area contributed by atoms with Crippen molar-refractivity contribution >= 4 is 23.2 Å². The van der Waals surface area contributed by atoms with Crippen molar-refractivity contribution < 1.29 is 9.59 Å². The number of carbonyl (C=O) groups excluding carboxylic acids is 2. The van der Waals surface area contributed by atoms with Crippen LogP contribution in [0.1, 0.15) is 34.1 Å². The number of amides is 2. The molecule has 2 heterocycles. The van der Waals surface area contributed by atoms with Gasteiger partial charge in [-0.05, 0) is 37.1 Å². The van der Waals surface area contributed by atoms with Crippen molar-refractivity contribution in [3.05, 3.63) is 52.0 Å². The molecule has 0 radical (unpaired) electrons. The van der Waals surface area contributed by atoms with Crippen molar-refractivity contribution in [1.82, 2.24) is 15.6 Å². The largest absolute Gasteiger partial charge is 0.355 e. The third-order valence-electron chi connectivity index (χ3n) is 4.12. The molecule has 1 fully saturated rings. The van der Waals surface area contributed by atoms with Gasteiger partial charge in [0.25, 0.3) is 0 Å². The van der Waals surface area contributed by atoms with Crippen LogP contribution < -0.4 is 10.6 Å². The first kappa shape index (κ1) is 16.6. The molecule has 0 spiro atoms. The van der Waals surface area contributed by atoms with Crippen molar-refractivity contribution in [3.63, 3.8) is 0 Å². The Morgan fingerprint density at radius 1 is 1.29 bits per heavy atom. The van der Waals surface area contributed by atoms with Crippen LogP contribution in [0.5, 0.6) is 0 Å². The Labute approximate surface area is 145 Å². The highest BCUT2D eigenvalue weighted by atomic mass is 32.1. The maximum absolute atomic E-state index is 12.1. The minimum absolute atomic E-state index is 0.0612. The van der Waals surface area contributed by atoms with Gasteiger partial charge in [-0.1, -0.05) is 6.07 Å². The second-order valence-corrected chi connectivity index (χ2v) is 7.40. The van der Waals surface area contributed by atoms with Crippen molar-refractivity contribution in [2.24, 2.45) is 5.92 Å². The number of hydrogen-bond donors (Lipinski definition) is 2. The average Bonchev–Trinajstić information content (AvgIpc) is 3.28. The minimum Gasteiger partial charge on any atom is -0.355 e. The first-order valence-electron chi connectivity index (χ1n) is 8.13. The van der Waals surface area contributed by atoms with Gasteiger partial charge in [0.15, 0.2) is 0 Å². The molecule has 1 saturated carbocycles. The number of pyridine rings is 1. The summed E-state index contributed by atoms with van der Waals surface area (Å²) >= 11 is 1.76. The molecule has 1 aliphatic rings. The zero-order valence-electron chi connectivity index (χ0n) is 13.6. The lowest BCUT2D eigenvalue weighted by Gasteiger charge is -2.06. The van der Waals surface area contributed by atoms with E-state index in [-0.39, 0.29) is 17.7 Å². The van der Waals surface area contributed by atoms with Crippen LogP contribution in [-0.4, -0.2) is 23.3 Å². The van der Waals surface area contributed by atoms with E-state index in [2.05, 4.69) is 34.7 Å². The van der Waals surface area contributed by atoms with E-state index >= 15 is 0 Å². The molecule has 5 nitrogen and oxygen atoms in total. The number of nitrogens with one attached hydrogen (secondary N) is 2. The van der Waals surface area contributed by atoms with Gasteiger partial charge in [-0.2, -0.15) is 0 Å². The summed E-state index contributed by atoms with van der Waals surface area (Å²) < 4.78 is 0. The Morgan fingerprint density at radius 2 is 2.17 bits per heavy atom. The standard InChI is InChI=1S/C18H21N3O2S/c1-12-4-5-16(24-12)14-9-15(14)18(23)20-8-6-17(22)21-11-13-3-2-7-19-10-13/h2-5,7,10,14-15H,6,8-9,11H2,1H3,(H,20,23)(H,21,22)/t14-,15-/m0/s1. The van der Waals surface area contributed by atoms with Gasteiger partial charge in [0.2, 0.25) is 11.8 Å². The molecular weight excluding hydrogens is 322 g/mol. The Hall–Kier alpha value is -2.21. The zero-order chi connectivity index (χ0) is 16.9. The number of nitrogens with zero attached hydrogens (tertiary/aromatic N) is 1. The molecule has 1 aliphatic carbocycles. The third kappa shape index (κ3) is 4.41. The molecule has 0 bridgehead atoms. The lowest BCUT2D eigenvalue weighted by atomic mass is 10.2. The molecule has 2 aromatic heterocycles. The van der Waals surface area contributed by atoms with E-state index in [1.807, 2.05) is 12.1 Å². The number of hydrogen-bond acceptors (Lipinski definition) is 4. The van der Waals surface area contributed by atoms with E-state index in [0.717, 1.165) is 12.0 Å². The quantitative estimate of drug-likeness (QED) is 0.811. The predicted octanol–water partition coefficient (Wildman–Crippen LogP) is 2.38. The molecule has 0 aliphatic heterocycles. The fourth-order valence-electron chi connectivity index (χ4n) is 2.67. The van der Waals surface area contributed by atoms with Crippen LogP contribution in [0.3, 0.4) is 0 Å². The van der Waals surface area contributed by atoms with Crippen LogP contribution in [0.25, 0.3) is 0 Å². The zero-order valence-corrected chi connectivity index (χ0v) is 14.4. The average molecular weight is 343 g/mol. The van der Waals surface area contributed by atoms with Gasteiger partial charge in [0, 0.05) is 53.5 Å². The van der Waals surface area contributed by atoms with Crippen LogP contribution in [0.15, 0.2) is 36.7 Å². The Morgan fingerprint density at radius 3 is 2.88 bits per heavy atom. The van der Waals surface area contributed by atoms with Crippen molar-refractivity contribution in [1.29, 1.82) is 0 Å². The Kier molecular flexibility index (Phi) is 5.25. The topological polar surface area (TPSA) is 71.1 Å². The summed E-state index contributed by atoms with van der Waals surface area (Å²) in [7, 11) is 0. The van der Waals surface area contributed by atoms with Crippen LogP contribution >= 0.6 is 11.3 Å². The van der Waals surface area contributed by atoms with E-state index in [9.17, 15) is 9.59 Å². The van der Waals surface area contributed by atoms with Gasteiger partial charge in [0.05, 0.1) is 0 Å². The summed E-state index contributed by atoms with van der Waals surface area (Å²) in [6.07, 6.45) is 4.63. The summed E-state index contributed by atoms with van der Waals surface area (Å²) in [5, 5.41) is 5.70. The van der Waals surface area contributed by atoms with Crippen molar-refractivity contribution in [2.45, 2.75) is 32.2 Å². The Bertz CT molecular complexity index is 714. The summed E-state index contributed by atoms with van der Waals surface area (Å²) in [5.41, 5.74) is 0.960. The maximum Gasteiger partial charge on any atom is 0.223 e. The Balaban J connectivity index is 1.33. The molecule has 0 aromatic carbocycles. The third-order valence-corrected chi connectivity index (χ3v) is 5.25. The van der Waals surface area contributed by atoms with Gasteiger partial charge in [0.1, 0.15) is 0 Å². The fourth-order valence-corrected chi connectivity index (χ4v) is 3.73. The molecular formula is C18H21N3O2S. The number of rotatable bonds is 7. The molecule has 2 atom stereocenters. The molecule has 6 heteroatoms. The van der Waals surface area contributed by atoms with Crippen LogP contribution in [0, 0.1) is 12.8 Å². The van der Waals surface area contributed by atoms with Gasteiger partial charge < -0.3 is 10.6 Å². The van der Waals surface area contributed by atoms with Crippen LogP contribution in [-0.2, 0) is 16.1 Å². The van der Waals surface area contributed by atoms with Crippen LogP contribution in [0.2, 0.25) is 0 Å². The summed E-state index contributed by atoms with van der Waals surface area (Å²) in [4.78, 5) is 30.5. The molecule has 24 heavy (non-hydrogen) atoms. The van der Waals surface area contributed by atoms with Gasteiger partial charge in [-0.3, -0.25) is 14.6 Å². The van der Waals surface area contributed by atoms with Gasteiger partial charge in [-0.15, -0.1) is 11.3 Å². The lowest BCUT2D eigenvalue weighted by molar-refractivity contribution is -0.123. The molecule has 2 aromatic rings. The first-order chi connectivity index (χ1) is 11.6. The SMILES string of the molecule is Cc1ccc([C@H]2C[C@@H]2C(=O)NCCC(=O)NCc2cccnc2)s1. The number of aryl methyl sites for hydroxylation is 1. The number of thiophene rings is 1. The van der Waals surface area contributed by atoms with Gasteiger partial charge in [-0.25, -0.2) is 0 Å². The van der Waals surface area contributed by atoms with Crippen molar-refractivity contribution in [3.8, 4) is 0 Å². The van der Waals surface area contributed by atoms with Crippen LogP contribution in [0.4, 0.5) is 0 Å². The minimum atomic E-state index is -0.0691. The highest BCUT2D eigenvalue weighted by Crippen LogP contribution is 2.49. The molecule has 0 unspecified atom stereocenters. The fraction of sp³-hybridized carbons (Fsp3) is 0.389. The molecule has 2 amide bonds. The lowest BCUT2D eigenvalue weighted by Crippen LogP contribution is -2.31. The smallest absolute Gasteiger partial charge is 0.223 e. The van der Waals surface area contributed by atoms with E-state index in [1.54, 1.807) is 23.7 Å².